The maximum absolute atomic E-state index is 5.52. The van der Waals surface area contributed by atoms with E-state index in [0.717, 1.165) is 22.9 Å². The van der Waals surface area contributed by atoms with Crippen LogP contribution in [0.15, 0.2) is 59.6 Å². The Morgan fingerprint density at radius 2 is 2.00 bits per heavy atom. The second-order valence-electron chi connectivity index (χ2n) is 6.07. The topological polar surface area (TPSA) is 74.6 Å². The van der Waals surface area contributed by atoms with E-state index >= 15 is 0 Å². The van der Waals surface area contributed by atoms with Crippen LogP contribution in [-0.4, -0.2) is 29.5 Å². The Morgan fingerprint density at radius 3 is 2.76 bits per heavy atom. The van der Waals surface area contributed by atoms with Crippen LogP contribution in [0.3, 0.4) is 0 Å². The van der Waals surface area contributed by atoms with Crippen LogP contribution in [-0.2, 0) is 6.54 Å². The molecule has 0 unspecified atom stereocenters. The Bertz CT molecular complexity index is 966. The van der Waals surface area contributed by atoms with E-state index in [1.165, 1.54) is 0 Å². The lowest BCUT2D eigenvalue weighted by Gasteiger charge is -2.03. The second kappa shape index (κ2) is 6.35. The van der Waals surface area contributed by atoms with Gasteiger partial charge in [-0.2, -0.15) is 15.0 Å². The second-order valence-corrected chi connectivity index (χ2v) is 6.07. The van der Waals surface area contributed by atoms with Gasteiger partial charge in [0.05, 0.1) is 18.4 Å². The minimum atomic E-state index is 0.239. The summed E-state index contributed by atoms with van der Waals surface area (Å²) < 4.78 is 7.51. The molecule has 7 heteroatoms. The average molecular weight is 334 g/mol. The fraction of sp³-hybridized carbons (Fsp3) is 0.222. The molecule has 0 atom stereocenters. The molecule has 4 aromatic rings. The molecule has 7 nitrogen and oxygen atoms in total. The Labute approximate surface area is 145 Å². The molecule has 0 fully saturated rings. The first kappa shape index (κ1) is 15.3. The van der Waals surface area contributed by atoms with Crippen molar-refractivity contribution in [1.82, 2.24) is 29.5 Å². The van der Waals surface area contributed by atoms with E-state index in [2.05, 4.69) is 20.2 Å². The van der Waals surface area contributed by atoms with Crippen LogP contribution in [0.4, 0.5) is 0 Å². The van der Waals surface area contributed by atoms with Crippen LogP contribution in [0, 0.1) is 0 Å². The summed E-state index contributed by atoms with van der Waals surface area (Å²) in [5.41, 5.74) is 2.50. The number of hydrogen-bond donors (Lipinski definition) is 0. The third-order valence-electron chi connectivity index (χ3n) is 3.82. The highest BCUT2D eigenvalue weighted by atomic mass is 16.3. The van der Waals surface area contributed by atoms with Gasteiger partial charge in [0.15, 0.2) is 11.7 Å². The average Bonchev–Trinajstić information content (AvgIpc) is 3.36. The number of benzene rings is 1. The molecule has 126 valence electrons. The SMILES string of the molecule is CC(C)c1nc(-c2nccn2Cc2cnn(-c3ccccc3)n2)co1. The quantitative estimate of drug-likeness (QED) is 0.560. The lowest BCUT2D eigenvalue weighted by Crippen LogP contribution is -2.04. The zero-order chi connectivity index (χ0) is 17.2. The fourth-order valence-electron chi connectivity index (χ4n) is 2.55. The Hall–Kier alpha value is -3.22. The van der Waals surface area contributed by atoms with Crippen molar-refractivity contribution in [3.05, 3.63) is 66.8 Å². The summed E-state index contributed by atoms with van der Waals surface area (Å²) in [6, 6.07) is 9.83. The molecule has 0 saturated carbocycles. The summed E-state index contributed by atoms with van der Waals surface area (Å²) in [5, 5.41) is 8.87. The van der Waals surface area contributed by atoms with E-state index < -0.39 is 0 Å². The number of para-hydroxylation sites is 1. The summed E-state index contributed by atoms with van der Waals surface area (Å²) in [7, 11) is 0. The summed E-state index contributed by atoms with van der Waals surface area (Å²) in [6.07, 6.45) is 7.06. The van der Waals surface area contributed by atoms with Crippen LogP contribution in [0.25, 0.3) is 17.2 Å². The first-order chi connectivity index (χ1) is 12.2. The molecule has 4 rings (SSSR count). The molecule has 0 aliphatic rings. The molecule has 3 heterocycles. The summed E-state index contributed by atoms with van der Waals surface area (Å²) >= 11 is 0. The van der Waals surface area contributed by atoms with Crippen molar-refractivity contribution in [3.63, 3.8) is 0 Å². The first-order valence-corrected chi connectivity index (χ1v) is 8.14. The molecular formula is C18H18N6O. The van der Waals surface area contributed by atoms with Crippen LogP contribution in [0.5, 0.6) is 0 Å². The molecule has 25 heavy (non-hydrogen) atoms. The number of rotatable bonds is 5. The Morgan fingerprint density at radius 1 is 1.16 bits per heavy atom. The molecule has 3 aromatic heterocycles. The van der Waals surface area contributed by atoms with Gasteiger partial charge in [-0.05, 0) is 12.1 Å². The Kier molecular flexibility index (Phi) is 3.89. The van der Waals surface area contributed by atoms with Gasteiger partial charge < -0.3 is 8.98 Å². The molecule has 0 amide bonds. The third-order valence-corrected chi connectivity index (χ3v) is 3.82. The highest BCUT2D eigenvalue weighted by molar-refractivity contribution is 5.48. The van der Waals surface area contributed by atoms with Gasteiger partial charge in [-0.3, -0.25) is 0 Å². The standard InChI is InChI=1S/C18H18N6O/c1-13(2)18-21-16(12-25-18)17-19-8-9-23(17)11-14-10-20-24(22-14)15-6-4-3-5-7-15/h3-10,12-13H,11H2,1-2H3. The van der Waals surface area contributed by atoms with Crippen molar-refractivity contribution >= 4 is 0 Å². The lowest BCUT2D eigenvalue weighted by atomic mass is 10.2. The van der Waals surface area contributed by atoms with E-state index in [1.807, 2.05) is 54.9 Å². The van der Waals surface area contributed by atoms with Crippen LogP contribution >= 0.6 is 0 Å². The van der Waals surface area contributed by atoms with Gasteiger partial charge in [-0.25, -0.2) is 9.97 Å². The van der Waals surface area contributed by atoms with E-state index in [1.54, 1.807) is 23.5 Å². The molecule has 0 aliphatic heterocycles. The maximum atomic E-state index is 5.52. The normalized spacial score (nSPS) is 11.3. The fourth-order valence-corrected chi connectivity index (χ4v) is 2.55. The van der Waals surface area contributed by atoms with Gasteiger partial charge in [0.1, 0.15) is 17.7 Å². The Balaban J connectivity index is 1.58. The summed E-state index contributed by atoms with van der Waals surface area (Å²) in [6.45, 7) is 4.65. The van der Waals surface area contributed by atoms with Crippen molar-refractivity contribution < 1.29 is 4.42 Å². The lowest BCUT2D eigenvalue weighted by molar-refractivity contribution is 0.471. The van der Waals surface area contributed by atoms with Gasteiger partial charge in [-0.15, -0.1) is 0 Å². The monoisotopic (exact) mass is 334 g/mol. The van der Waals surface area contributed by atoms with Crippen LogP contribution in [0.2, 0.25) is 0 Å². The number of aromatic nitrogens is 6. The summed E-state index contributed by atoms with van der Waals surface area (Å²) in [4.78, 5) is 10.5. The number of oxazole rings is 1. The zero-order valence-electron chi connectivity index (χ0n) is 14.1. The highest BCUT2D eigenvalue weighted by Crippen LogP contribution is 2.21. The van der Waals surface area contributed by atoms with Crippen LogP contribution < -0.4 is 0 Å². The van der Waals surface area contributed by atoms with Gasteiger partial charge in [0.25, 0.3) is 0 Å². The van der Waals surface area contributed by atoms with Gasteiger partial charge >= 0.3 is 0 Å². The predicted molar refractivity (Wildman–Crippen MR) is 92.3 cm³/mol. The number of hydrogen-bond acceptors (Lipinski definition) is 5. The molecule has 0 N–H and O–H groups in total. The van der Waals surface area contributed by atoms with E-state index in [-0.39, 0.29) is 5.92 Å². The van der Waals surface area contributed by atoms with Crippen molar-refractivity contribution in [2.75, 3.05) is 0 Å². The van der Waals surface area contributed by atoms with E-state index in [9.17, 15) is 0 Å². The molecule has 0 saturated heterocycles. The van der Waals surface area contributed by atoms with Crippen molar-refractivity contribution in [2.45, 2.75) is 26.3 Å². The third kappa shape index (κ3) is 3.08. The molecule has 0 spiro atoms. The van der Waals surface area contributed by atoms with Crippen molar-refractivity contribution in [1.29, 1.82) is 0 Å². The maximum Gasteiger partial charge on any atom is 0.197 e. The van der Waals surface area contributed by atoms with Gasteiger partial charge in [0.2, 0.25) is 0 Å². The smallest absolute Gasteiger partial charge is 0.197 e. The predicted octanol–water partition coefficient (Wildman–Crippen LogP) is 3.29. The highest BCUT2D eigenvalue weighted by Gasteiger charge is 2.14. The molecule has 0 radical (unpaired) electrons. The van der Waals surface area contributed by atoms with E-state index in [4.69, 9.17) is 4.42 Å². The number of imidazole rings is 1. The summed E-state index contributed by atoms with van der Waals surface area (Å²) in [5.74, 6) is 1.70. The van der Waals surface area contributed by atoms with Gasteiger partial charge in [0, 0.05) is 18.3 Å². The minimum absolute atomic E-state index is 0.239. The largest absolute Gasteiger partial charge is 0.448 e. The molecule has 0 bridgehead atoms. The molecule has 0 aliphatic carbocycles. The minimum Gasteiger partial charge on any atom is -0.448 e. The first-order valence-electron chi connectivity index (χ1n) is 8.14. The van der Waals surface area contributed by atoms with Crippen molar-refractivity contribution in [2.24, 2.45) is 0 Å². The molecule has 1 aromatic carbocycles. The van der Waals surface area contributed by atoms with E-state index in [0.29, 0.717) is 12.4 Å². The molecular weight excluding hydrogens is 316 g/mol. The van der Waals surface area contributed by atoms with Crippen molar-refractivity contribution in [3.8, 4) is 17.2 Å². The van der Waals surface area contributed by atoms with Crippen LogP contribution in [0.1, 0.15) is 31.4 Å². The number of nitrogens with zero attached hydrogens (tertiary/aromatic N) is 6. The zero-order valence-corrected chi connectivity index (χ0v) is 14.1. The van der Waals surface area contributed by atoms with Gasteiger partial charge in [-0.1, -0.05) is 32.0 Å².